The fraction of sp³-hybridized carbons (Fsp3) is 0.111. The first-order chi connectivity index (χ1) is 6.59. The van der Waals surface area contributed by atoms with E-state index in [2.05, 4.69) is 4.98 Å². The summed E-state index contributed by atoms with van der Waals surface area (Å²) in [7, 11) is 0. The number of anilines is 1. The average Bonchev–Trinajstić information content (AvgIpc) is 2.39. The molecular formula is C9H9N3O2. The van der Waals surface area contributed by atoms with E-state index in [1.165, 1.54) is 6.20 Å². The molecule has 0 atom stereocenters. The van der Waals surface area contributed by atoms with Gasteiger partial charge in [0, 0.05) is 11.1 Å². The zero-order chi connectivity index (χ0) is 10.3. The van der Waals surface area contributed by atoms with Crippen molar-refractivity contribution in [2.45, 2.75) is 6.92 Å². The largest absolute Gasteiger partial charge is 0.464 e. The van der Waals surface area contributed by atoms with Crippen LogP contribution >= 0.6 is 0 Å². The Labute approximate surface area is 79.8 Å². The van der Waals surface area contributed by atoms with Crippen LogP contribution in [0.3, 0.4) is 0 Å². The van der Waals surface area contributed by atoms with E-state index in [0.29, 0.717) is 17.0 Å². The summed E-state index contributed by atoms with van der Waals surface area (Å²) in [4.78, 5) is 14.9. The van der Waals surface area contributed by atoms with Crippen molar-refractivity contribution in [1.29, 1.82) is 0 Å². The van der Waals surface area contributed by atoms with Crippen LogP contribution in [0.2, 0.25) is 0 Å². The van der Waals surface area contributed by atoms with Crippen molar-refractivity contribution in [1.82, 2.24) is 9.55 Å². The van der Waals surface area contributed by atoms with E-state index < -0.39 is 6.09 Å². The average molecular weight is 191 g/mol. The summed E-state index contributed by atoms with van der Waals surface area (Å²) in [5.41, 5.74) is 7.12. The zero-order valence-corrected chi connectivity index (χ0v) is 7.56. The Kier molecular flexibility index (Phi) is 1.67. The van der Waals surface area contributed by atoms with Crippen LogP contribution in [-0.2, 0) is 0 Å². The number of nitrogens with two attached hydrogens (primary N) is 1. The van der Waals surface area contributed by atoms with Crippen LogP contribution in [-0.4, -0.2) is 20.8 Å². The number of fused-ring (bicyclic) bond motifs is 1. The van der Waals surface area contributed by atoms with Gasteiger partial charge in [0.2, 0.25) is 0 Å². The molecule has 5 heteroatoms. The molecular weight excluding hydrogens is 182 g/mol. The quantitative estimate of drug-likeness (QED) is 0.660. The third-order valence-corrected chi connectivity index (χ3v) is 2.04. The molecule has 0 aliphatic heterocycles. The molecule has 2 aromatic rings. The summed E-state index contributed by atoms with van der Waals surface area (Å²) in [5, 5.41) is 9.65. The van der Waals surface area contributed by atoms with Crippen LogP contribution in [0.5, 0.6) is 0 Å². The van der Waals surface area contributed by atoms with Gasteiger partial charge in [0.05, 0.1) is 11.9 Å². The lowest BCUT2D eigenvalue weighted by Crippen LogP contribution is -2.09. The van der Waals surface area contributed by atoms with Crippen molar-refractivity contribution in [2.24, 2.45) is 0 Å². The van der Waals surface area contributed by atoms with Gasteiger partial charge >= 0.3 is 6.09 Å². The SMILES string of the molecule is Cc1cc2cc(N)cnc2n1C(=O)O. The summed E-state index contributed by atoms with van der Waals surface area (Å²) < 4.78 is 1.13. The Hall–Kier alpha value is -2.04. The van der Waals surface area contributed by atoms with Crippen LogP contribution < -0.4 is 5.73 Å². The molecule has 0 amide bonds. The molecule has 0 aliphatic rings. The first-order valence-electron chi connectivity index (χ1n) is 4.06. The van der Waals surface area contributed by atoms with Crippen LogP contribution in [0, 0.1) is 6.92 Å². The van der Waals surface area contributed by atoms with Gasteiger partial charge in [0.15, 0.2) is 0 Å². The number of aromatic nitrogens is 2. The minimum atomic E-state index is -1.03. The zero-order valence-electron chi connectivity index (χ0n) is 7.56. The number of nitrogens with zero attached hydrogens (tertiary/aromatic N) is 2. The maximum absolute atomic E-state index is 10.9. The van der Waals surface area contributed by atoms with Crippen LogP contribution in [0.1, 0.15) is 5.69 Å². The molecule has 0 aliphatic carbocycles. The molecule has 2 heterocycles. The Morgan fingerprint density at radius 1 is 1.57 bits per heavy atom. The Bertz CT molecular complexity index is 516. The predicted molar refractivity (Wildman–Crippen MR) is 52.3 cm³/mol. The summed E-state index contributed by atoms with van der Waals surface area (Å²) in [6.07, 6.45) is 0.413. The number of pyridine rings is 1. The second kappa shape index (κ2) is 2.73. The molecule has 0 fully saturated rings. The second-order valence-corrected chi connectivity index (χ2v) is 3.09. The Balaban J connectivity index is 2.84. The maximum atomic E-state index is 10.9. The molecule has 5 nitrogen and oxygen atoms in total. The topological polar surface area (TPSA) is 81.1 Å². The van der Waals surface area contributed by atoms with E-state index in [1.807, 2.05) is 0 Å². The maximum Gasteiger partial charge on any atom is 0.417 e. The molecule has 2 rings (SSSR count). The molecule has 0 radical (unpaired) electrons. The summed E-state index contributed by atoms with van der Waals surface area (Å²) in [6, 6.07) is 3.45. The van der Waals surface area contributed by atoms with Gasteiger partial charge in [-0.3, -0.25) is 0 Å². The van der Waals surface area contributed by atoms with Crippen molar-refractivity contribution >= 4 is 22.8 Å². The standard InChI is InChI=1S/C9H9N3O2/c1-5-2-6-3-7(10)4-11-8(6)12(5)9(13)14/h2-4H,10H2,1H3,(H,13,14). The fourth-order valence-corrected chi connectivity index (χ4v) is 1.48. The van der Waals surface area contributed by atoms with E-state index >= 15 is 0 Å². The predicted octanol–water partition coefficient (Wildman–Crippen LogP) is 1.45. The molecule has 0 spiro atoms. The fourth-order valence-electron chi connectivity index (χ4n) is 1.48. The summed E-state index contributed by atoms with van der Waals surface area (Å²) >= 11 is 0. The van der Waals surface area contributed by atoms with E-state index in [4.69, 9.17) is 10.8 Å². The van der Waals surface area contributed by atoms with E-state index in [1.54, 1.807) is 19.1 Å². The molecule has 0 saturated heterocycles. The van der Waals surface area contributed by atoms with Gasteiger partial charge in [-0.1, -0.05) is 0 Å². The van der Waals surface area contributed by atoms with Crippen molar-refractivity contribution in [3.63, 3.8) is 0 Å². The third-order valence-electron chi connectivity index (χ3n) is 2.04. The molecule has 72 valence electrons. The number of hydrogen-bond donors (Lipinski definition) is 2. The number of hydrogen-bond acceptors (Lipinski definition) is 3. The summed E-state index contributed by atoms with van der Waals surface area (Å²) in [6.45, 7) is 1.71. The first-order valence-corrected chi connectivity index (χ1v) is 4.06. The van der Waals surface area contributed by atoms with E-state index in [-0.39, 0.29) is 0 Å². The number of carboxylic acid groups (broad SMARTS) is 1. The van der Waals surface area contributed by atoms with Gasteiger partial charge in [-0.15, -0.1) is 0 Å². The van der Waals surface area contributed by atoms with Crippen molar-refractivity contribution < 1.29 is 9.90 Å². The van der Waals surface area contributed by atoms with Crippen LogP contribution in [0.4, 0.5) is 10.5 Å². The van der Waals surface area contributed by atoms with Gasteiger partial charge in [-0.05, 0) is 19.1 Å². The van der Waals surface area contributed by atoms with Crippen LogP contribution in [0.25, 0.3) is 11.0 Å². The Morgan fingerprint density at radius 2 is 2.29 bits per heavy atom. The molecule has 2 aromatic heterocycles. The number of carbonyl (C=O) groups is 1. The Morgan fingerprint density at radius 3 is 2.93 bits per heavy atom. The minimum Gasteiger partial charge on any atom is -0.464 e. The highest BCUT2D eigenvalue weighted by atomic mass is 16.4. The molecule has 0 bridgehead atoms. The first kappa shape index (κ1) is 8.55. The molecule has 14 heavy (non-hydrogen) atoms. The highest BCUT2D eigenvalue weighted by Gasteiger charge is 2.11. The van der Waals surface area contributed by atoms with Crippen molar-refractivity contribution in [3.8, 4) is 0 Å². The molecule has 0 aromatic carbocycles. The van der Waals surface area contributed by atoms with E-state index in [9.17, 15) is 4.79 Å². The van der Waals surface area contributed by atoms with Crippen molar-refractivity contribution in [3.05, 3.63) is 24.0 Å². The van der Waals surface area contributed by atoms with Gasteiger partial charge in [0.1, 0.15) is 5.65 Å². The monoisotopic (exact) mass is 191 g/mol. The summed E-state index contributed by atoms with van der Waals surface area (Å²) in [5.74, 6) is 0. The third kappa shape index (κ3) is 1.10. The van der Waals surface area contributed by atoms with E-state index in [0.717, 1.165) is 9.95 Å². The normalized spacial score (nSPS) is 10.6. The van der Waals surface area contributed by atoms with Gasteiger partial charge < -0.3 is 10.8 Å². The van der Waals surface area contributed by atoms with Crippen molar-refractivity contribution in [2.75, 3.05) is 5.73 Å². The lowest BCUT2D eigenvalue weighted by molar-refractivity contribution is 0.197. The van der Waals surface area contributed by atoms with Gasteiger partial charge in [0.25, 0.3) is 0 Å². The molecule has 0 unspecified atom stereocenters. The van der Waals surface area contributed by atoms with Gasteiger partial charge in [-0.25, -0.2) is 14.3 Å². The number of aryl methyl sites for hydroxylation is 1. The number of rotatable bonds is 0. The molecule has 3 N–H and O–H groups in total. The smallest absolute Gasteiger partial charge is 0.417 e. The van der Waals surface area contributed by atoms with Crippen LogP contribution in [0.15, 0.2) is 18.3 Å². The molecule has 0 saturated carbocycles. The number of nitrogen functional groups attached to an aromatic ring is 1. The second-order valence-electron chi connectivity index (χ2n) is 3.09. The van der Waals surface area contributed by atoms with Gasteiger partial charge in [-0.2, -0.15) is 0 Å². The highest BCUT2D eigenvalue weighted by Crippen LogP contribution is 2.18. The minimum absolute atomic E-state index is 0.421. The lowest BCUT2D eigenvalue weighted by Gasteiger charge is -1.99. The lowest BCUT2D eigenvalue weighted by atomic mass is 10.3. The highest BCUT2D eigenvalue weighted by molar-refractivity contribution is 5.88.